The van der Waals surface area contributed by atoms with Gasteiger partial charge in [-0.2, -0.15) is 0 Å². The minimum atomic E-state index is -1.01. The Labute approximate surface area is 121 Å². The van der Waals surface area contributed by atoms with Crippen LogP contribution in [-0.2, 0) is 15.0 Å². The number of nitrogens with one attached hydrogen (secondary N) is 1. The van der Waals surface area contributed by atoms with E-state index >= 15 is 0 Å². The molecule has 0 aliphatic heterocycles. The molecule has 2 rings (SSSR count). The van der Waals surface area contributed by atoms with Crippen molar-refractivity contribution >= 4 is 11.9 Å². The maximum Gasteiger partial charge on any atom is 0.308 e. The number of halogens is 2. The van der Waals surface area contributed by atoms with E-state index in [1.807, 2.05) is 0 Å². The molecule has 0 saturated heterocycles. The van der Waals surface area contributed by atoms with Gasteiger partial charge in [0.15, 0.2) is 0 Å². The number of amides is 1. The molecule has 21 heavy (non-hydrogen) atoms. The van der Waals surface area contributed by atoms with E-state index in [4.69, 9.17) is 5.11 Å². The number of carbonyl (C=O) groups is 2. The molecule has 1 atom stereocenters. The lowest BCUT2D eigenvalue weighted by atomic mass is 9.63. The summed E-state index contributed by atoms with van der Waals surface area (Å²) in [6.45, 7) is 1.47. The van der Waals surface area contributed by atoms with Gasteiger partial charge in [0.05, 0.1) is 11.3 Å². The molecule has 0 spiro atoms. The van der Waals surface area contributed by atoms with E-state index in [2.05, 4.69) is 5.32 Å². The van der Waals surface area contributed by atoms with Gasteiger partial charge in [0.25, 0.3) is 0 Å². The van der Waals surface area contributed by atoms with Crippen LogP contribution in [0.15, 0.2) is 18.2 Å². The molecule has 1 aliphatic rings. The van der Waals surface area contributed by atoms with Gasteiger partial charge < -0.3 is 10.4 Å². The van der Waals surface area contributed by atoms with Gasteiger partial charge in [-0.1, -0.05) is 19.4 Å². The fourth-order valence-corrected chi connectivity index (χ4v) is 2.53. The van der Waals surface area contributed by atoms with Crippen LogP contribution in [0.3, 0.4) is 0 Å². The summed E-state index contributed by atoms with van der Waals surface area (Å²) in [6.07, 6.45) is 1.73. The van der Waals surface area contributed by atoms with E-state index < -0.39 is 34.8 Å². The average Bonchev–Trinajstić information content (AvgIpc) is 2.36. The number of benzene rings is 1. The van der Waals surface area contributed by atoms with Gasteiger partial charge in [-0.25, -0.2) is 8.78 Å². The number of hydrogen-bond acceptors (Lipinski definition) is 2. The molecule has 6 heteroatoms. The summed E-state index contributed by atoms with van der Waals surface area (Å²) in [6, 6.07) is 3.19. The highest BCUT2D eigenvalue weighted by Crippen LogP contribution is 2.45. The Morgan fingerprint density at radius 1 is 1.38 bits per heavy atom. The first-order valence-electron chi connectivity index (χ1n) is 6.83. The summed E-state index contributed by atoms with van der Waals surface area (Å²) in [7, 11) is 0. The molecule has 114 valence electrons. The largest absolute Gasteiger partial charge is 0.481 e. The number of carboxylic acid groups (broad SMARTS) is 1. The predicted octanol–water partition coefficient (Wildman–Crippen LogP) is 2.22. The van der Waals surface area contributed by atoms with Crippen LogP contribution in [-0.4, -0.2) is 23.5 Å². The maximum absolute atomic E-state index is 13.9. The minimum Gasteiger partial charge on any atom is -0.481 e. The van der Waals surface area contributed by atoms with Crippen LogP contribution in [0.2, 0.25) is 0 Å². The molecule has 2 N–H and O–H groups in total. The molecule has 1 aromatic rings. The zero-order chi connectivity index (χ0) is 15.6. The molecule has 1 unspecified atom stereocenters. The fourth-order valence-electron chi connectivity index (χ4n) is 2.53. The summed E-state index contributed by atoms with van der Waals surface area (Å²) in [5.74, 6) is -3.55. The van der Waals surface area contributed by atoms with Crippen molar-refractivity contribution < 1.29 is 23.5 Å². The lowest BCUT2D eigenvalue weighted by molar-refractivity contribution is -0.141. The second-order valence-corrected chi connectivity index (χ2v) is 5.51. The van der Waals surface area contributed by atoms with Crippen molar-refractivity contribution in [1.82, 2.24) is 5.32 Å². The predicted molar refractivity (Wildman–Crippen MR) is 71.7 cm³/mol. The van der Waals surface area contributed by atoms with Crippen LogP contribution < -0.4 is 5.32 Å². The monoisotopic (exact) mass is 297 g/mol. The van der Waals surface area contributed by atoms with Crippen molar-refractivity contribution in [3.8, 4) is 0 Å². The molecule has 1 aliphatic carbocycles. The highest BCUT2D eigenvalue weighted by molar-refractivity contribution is 5.89. The van der Waals surface area contributed by atoms with E-state index in [0.717, 1.165) is 18.6 Å². The Morgan fingerprint density at radius 2 is 2.05 bits per heavy atom. The molecule has 1 aromatic carbocycles. The van der Waals surface area contributed by atoms with Gasteiger partial charge in [-0.3, -0.25) is 9.59 Å². The van der Waals surface area contributed by atoms with Crippen LogP contribution in [0.5, 0.6) is 0 Å². The van der Waals surface area contributed by atoms with Gasteiger partial charge in [-0.15, -0.1) is 0 Å². The van der Waals surface area contributed by atoms with Crippen molar-refractivity contribution in [2.24, 2.45) is 5.92 Å². The van der Waals surface area contributed by atoms with Crippen molar-refractivity contribution in [3.63, 3.8) is 0 Å². The maximum atomic E-state index is 13.9. The molecule has 0 aromatic heterocycles. The normalized spacial score (nSPS) is 17.7. The number of carboxylic acids is 1. The van der Waals surface area contributed by atoms with Crippen LogP contribution in [0.25, 0.3) is 0 Å². The third-order valence-corrected chi connectivity index (χ3v) is 4.08. The minimum absolute atomic E-state index is 0.0151. The number of hydrogen-bond donors (Lipinski definition) is 2. The lowest BCUT2D eigenvalue weighted by Crippen LogP contribution is -2.51. The summed E-state index contributed by atoms with van der Waals surface area (Å²) >= 11 is 0. The van der Waals surface area contributed by atoms with Crippen LogP contribution >= 0.6 is 0 Å². The summed E-state index contributed by atoms with van der Waals surface area (Å²) in [4.78, 5) is 23.1. The van der Waals surface area contributed by atoms with Crippen LogP contribution in [0.1, 0.15) is 31.7 Å². The van der Waals surface area contributed by atoms with Crippen molar-refractivity contribution in [1.29, 1.82) is 0 Å². The van der Waals surface area contributed by atoms with Gasteiger partial charge in [0, 0.05) is 18.2 Å². The fraction of sp³-hybridized carbons (Fsp3) is 0.467. The van der Waals surface area contributed by atoms with Crippen LogP contribution in [0, 0.1) is 17.6 Å². The highest BCUT2D eigenvalue weighted by Gasteiger charge is 2.47. The Morgan fingerprint density at radius 3 is 2.52 bits per heavy atom. The highest BCUT2D eigenvalue weighted by atomic mass is 19.1. The van der Waals surface area contributed by atoms with E-state index in [1.165, 1.54) is 13.0 Å². The molecular formula is C15H17F2NO3. The summed E-state index contributed by atoms with van der Waals surface area (Å²) in [5.41, 5.74) is -0.827. The van der Waals surface area contributed by atoms with Gasteiger partial charge in [0.1, 0.15) is 11.6 Å². The van der Waals surface area contributed by atoms with E-state index in [0.29, 0.717) is 12.8 Å². The molecule has 0 bridgehead atoms. The third-order valence-electron chi connectivity index (χ3n) is 4.08. The quantitative estimate of drug-likeness (QED) is 0.876. The van der Waals surface area contributed by atoms with Gasteiger partial charge in [-0.05, 0) is 18.9 Å². The summed E-state index contributed by atoms with van der Waals surface area (Å²) < 4.78 is 26.9. The van der Waals surface area contributed by atoms with E-state index in [-0.39, 0.29) is 12.1 Å². The molecular weight excluding hydrogens is 280 g/mol. The average molecular weight is 297 g/mol. The van der Waals surface area contributed by atoms with E-state index in [1.54, 1.807) is 0 Å². The molecule has 1 fully saturated rings. The Bertz CT molecular complexity index is 570. The molecule has 0 radical (unpaired) electrons. The molecule has 1 saturated carbocycles. The van der Waals surface area contributed by atoms with Crippen molar-refractivity contribution in [2.75, 3.05) is 6.54 Å². The first kappa shape index (κ1) is 15.4. The third kappa shape index (κ3) is 2.89. The van der Waals surface area contributed by atoms with Gasteiger partial charge in [0.2, 0.25) is 5.91 Å². The zero-order valence-corrected chi connectivity index (χ0v) is 11.7. The lowest BCUT2D eigenvalue weighted by Gasteiger charge is -2.41. The molecule has 4 nitrogen and oxygen atoms in total. The van der Waals surface area contributed by atoms with Crippen molar-refractivity contribution in [2.45, 2.75) is 31.6 Å². The summed E-state index contributed by atoms with van der Waals surface area (Å²) in [5, 5.41) is 11.4. The molecule has 0 heterocycles. The Hall–Kier alpha value is -1.98. The van der Waals surface area contributed by atoms with Gasteiger partial charge >= 0.3 is 5.97 Å². The first-order valence-corrected chi connectivity index (χ1v) is 6.83. The Balaban J connectivity index is 2.17. The second kappa shape index (κ2) is 5.79. The first-order chi connectivity index (χ1) is 9.86. The van der Waals surface area contributed by atoms with E-state index in [9.17, 15) is 18.4 Å². The van der Waals surface area contributed by atoms with Crippen LogP contribution in [0.4, 0.5) is 8.78 Å². The second-order valence-electron chi connectivity index (χ2n) is 5.51. The Kier molecular flexibility index (Phi) is 4.25. The molecule has 1 amide bonds. The smallest absolute Gasteiger partial charge is 0.308 e. The topological polar surface area (TPSA) is 66.4 Å². The van der Waals surface area contributed by atoms with Crippen molar-refractivity contribution in [3.05, 3.63) is 35.4 Å². The number of rotatable bonds is 5. The standard InChI is InChI=1S/C15H17F2NO3/c1-9(13(19)20)8-18-14(21)15(5-2-6-15)11-4-3-10(16)7-12(11)17/h3-4,7,9H,2,5-6,8H2,1H3,(H,18,21)(H,19,20). The SMILES string of the molecule is CC(CNC(=O)C1(c2ccc(F)cc2F)CCC1)C(=O)O. The number of aliphatic carboxylic acids is 1. The number of carbonyl (C=O) groups excluding carboxylic acids is 1. The zero-order valence-electron chi connectivity index (χ0n) is 11.7.